The van der Waals surface area contributed by atoms with Crippen LogP contribution in [0.2, 0.25) is 0 Å². The number of sulfonamides is 1. The van der Waals surface area contributed by atoms with Gasteiger partial charge in [-0.25, -0.2) is 13.4 Å². The van der Waals surface area contributed by atoms with Crippen LogP contribution in [0.25, 0.3) is 0 Å². The van der Waals surface area contributed by atoms with Gasteiger partial charge in [0.05, 0.1) is 9.90 Å². The van der Waals surface area contributed by atoms with Gasteiger partial charge in [-0.3, -0.25) is 4.79 Å². The highest BCUT2D eigenvalue weighted by atomic mass is 32.2. The number of thiazole rings is 1. The van der Waals surface area contributed by atoms with Crippen molar-refractivity contribution in [2.45, 2.75) is 50.0 Å². The Balaban J connectivity index is 1.50. The van der Waals surface area contributed by atoms with Crippen molar-refractivity contribution in [2.24, 2.45) is 0 Å². The van der Waals surface area contributed by atoms with Crippen molar-refractivity contribution in [3.05, 3.63) is 46.4 Å². The van der Waals surface area contributed by atoms with Crippen LogP contribution in [0.1, 0.15) is 36.4 Å². The quantitative estimate of drug-likeness (QED) is 0.683. The molecule has 0 saturated carbocycles. The fourth-order valence-corrected chi connectivity index (χ4v) is 5.76. The molecule has 3 rings (SSSR count). The zero-order valence-corrected chi connectivity index (χ0v) is 17.1. The van der Waals surface area contributed by atoms with Crippen LogP contribution in [-0.4, -0.2) is 42.7 Å². The maximum atomic E-state index is 12.8. The Labute approximate surface area is 164 Å². The summed E-state index contributed by atoms with van der Waals surface area (Å²) in [6.45, 7) is 2.93. The summed E-state index contributed by atoms with van der Waals surface area (Å²) in [6, 6.07) is 7.70. The first-order valence-electron chi connectivity index (χ1n) is 9.24. The number of aryl methyl sites for hydroxylation is 2. The SMILES string of the molecule is Cc1csc(CCCCNC(=O)C2CCCN2S(=O)(=O)c2ccccc2)n1. The Morgan fingerprint density at radius 2 is 2.07 bits per heavy atom. The van der Waals surface area contributed by atoms with E-state index in [1.165, 1.54) is 4.31 Å². The smallest absolute Gasteiger partial charge is 0.243 e. The normalized spacial score (nSPS) is 17.9. The van der Waals surface area contributed by atoms with Gasteiger partial charge in [0, 0.05) is 24.2 Å². The number of nitrogens with one attached hydrogen (secondary N) is 1. The first-order chi connectivity index (χ1) is 13.0. The lowest BCUT2D eigenvalue weighted by atomic mass is 10.2. The molecule has 2 heterocycles. The molecule has 2 aromatic rings. The summed E-state index contributed by atoms with van der Waals surface area (Å²) in [4.78, 5) is 17.2. The van der Waals surface area contributed by atoms with Crippen LogP contribution in [0.5, 0.6) is 0 Å². The zero-order chi connectivity index (χ0) is 19.3. The van der Waals surface area contributed by atoms with Crippen molar-refractivity contribution < 1.29 is 13.2 Å². The largest absolute Gasteiger partial charge is 0.355 e. The molecule has 146 valence electrons. The average molecular weight is 408 g/mol. The topological polar surface area (TPSA) is 79.4 Å². The van der Waals surface area contributed by atoms with Gasteiger partial charge in [-0.2, -0.15) is 4.31 Å². The summed E-state index contributed by atoms with van der Waals surface area (Å²) in [5.41, 5.74) is 1.05. The molecule has 0 aliphatic carbocycles. The minimum Gasteiger partial charge on any atom is -0.355 e. The monoisotopic (exact) mass is 407 g/mol. The highest BCUT2D eigenvalue weighted by Crippen LogP contribution is 2.26. The minimum absolute atomic E-state index is 0.197. The van der Waals surface area contributed by atoms with E-state index < -0.39 is 16.1 Å². The van der Waals surface area contributed by atoms with Gasteiger partial charge >= 0.3 is 0 Å². The standard InChI is InChI=1S/C19H25N3O3S2/c1-15-14-26-18(21-15)11-5-6-12-20-19(23)17-10-7-13-22(17)27(24,25)16-8-3-2-4-9-16/h2-4,8-9,14,17H,5-7,10-13H2,1H3,(H,20,23). The van der Waals surface area contributed by atoms with Crippen LogP contribution in [0, 0.1) is 6.92 Å². The van der Waals surface area contributed by atoms with Gasteiger partial charge in [-0.05, 0) is 51.2 Å². The predicted molar refractivity (Wildman–Crippen MR) is 106 cm³/mol. The Morgan fingerprint density at radius 3 is 2.78 bits per heavy atom. The van der Waals surface area contributed by atoms with Gasteiger partial charge in [0.1, 0.15) is 6.04 Å². The molecule has 8 heteroatoms. The van der Waals surface area contributed by atoms with Gasteiger partial charge in [0.25, 0.3) is 0 Å². The molecule has 1 amide bonds. The van der Waals surface area contributed by atoms with Gasteiger partial charge in [-0.15, -0.1) is 11.3 Å². The zero-order valence-electron chi connectivity index (χ0n) is 15.4. The molecular weight excluding hydrogens is 382 g/mol. The molecule has 1 N–H and O–H groups in total. The van der Waals surface area contributed by atoms with E-state index in [0.29, 0.717) is 25.9 Å². The lowest BCUT2D eigenvalue weighted by Crippen LogP contribution is -2.46. The number of hydrogen-bond donors (Lipinski definition) is 1. The molecule has 1 unspecified atom stereocenters. The summed E-state index contributed by atoms with van der Waals surface area (Å²) >= 11 is 1.66. The van der Waals surface area contributed by atoms with Crippen molar-refractivity contribution >= 4 is 27.3 Å². The number of hydrogen-bond acceptors (Lipinski definition) is 5. The Bertz CT molecular complexity index is 865. The number of aromatic nitrogens is 1. The molecule has 1 aromatic carbocycles. The average Bonchev–Trinajstić information content (AvgIpc) is 3.31. The third-order valence-electron chi connectivity index (χ3n) is 4.64. The summed E-state index contributed by atoms with van der Waals surface area (Å²) in [5, 5.41) is 6.07. The van der Waals surface area contributed by atoms with Crippen LogP contribution in [-0.2, 0) is 21.2 Å². The second-order valence-corrected chi connectivity index (χ2v) is 9.55. The second kappa shape index (κ2) is 8.95. The maximum absolute atomic E-state index is 12.8. The molecule has 0 bridgehead atoms. The van der Waals surface area contributed by atoms with E-state index in [1.807, 2.05) is 12.3 Å². The molecule has 1 aliphatic rings. The summed E-state index contributed by atoms with van der Waals surface area (Å²) in [5.74, 6) is -0.197. The minimum atomic E-state index is -3.64. The predicted octanol–water partition coefficient (Wildman–Crippen LogP) is 2.74. The molecule has 1 atom stereocenters. The fourth-order valence-electron chi connectivity index (χ4n) is 3.27. The Morgan fingerprint density at radius 1 is 1.30 bits per heavy atom. The molecule has 27 heavy (non-hydrogen) atoms. The second-order valence-electron chi connectivity index (χ2n) is 6.72. The van der Waals surface area contributed by atoms with Crippen LogP contribution in [0.15, 0.2) is 40.6 Å². The van der Waals surface area contributed by atoms with E-state index >= 15 is 0 Å². The van der Waals surface area contributed by atoms with Gasteiger partial charge < -0.3 is 5.32 Å². The third-order valence-corrected chi connectivity index (χ3v) is 7.59. The van der Waals surface area contributed by atoms with Gasteiger partial charge in [-0.1, -0.05) is 18.2 Å². The number of amides is 1. The molecule has 0 spiro atoms. The maximum Gasteiger partial charge on any atom is 0.243 e. The lowest BCUT2D eigenvalue weighted by Gasteiger charge is -2.23. The summed E-state index contributed by atoms with van der Waals surface area (Å²) in [7, 11) is -3.64. The highest BCUT2D eigenvalue weighted by molar-refractivity contribution is 7.89. The molecule has 6 nitrogen and oxygen atoms in total. The van der Waals surface area contributed by atoms with Crippen molar-refractivity contribution in [3.8, 4) is 0 Å². The number of rotatable bonds is 8. The first-order valence-corrected chi connectivity index (χ1v) is 11.6. The Kier molecular flexibility index (Phi) is 6.62. The van der Waals surface area contributed by atoms with E-state index in [0.717, 1.165) is 30.0 Å². The molecular formula is C19H25N3O3S2. The van der Waals surface area contributed by atoms with E-state index in [4.69, 9.17) is 0 Å². The third kappa shape index (κ3) is 4.94. The molecule has 1 saturated heterocycles. The van der Waals surface area contributed by atoms with Crippen LogP contribution < -0.4 is 5.32 Å². The van der Waals surface area contributed by atoms with Crippen molar-refractivity contribution in [3.63, 3.8) is 0 Å². The van der Waals surface area contributed by atoms with Crippen LogP contribution >= 0.6 is 11.3 Å². The van der Waals surface area contributed by atoms with E-state index in [-0.39, 0.29) is 10.8 Å². The summed E-state index contributed by atoms with van der Waals surface area (Å²) < 4.78 is 27.0. The molecule has 1 aliphatic heterocycles. The molecule has 1 fully saturated rings. The van der Waals surface area contributed by atoms with Crippen LogP contribution in [0.4, 0.5) is 0 Å². The number of unbranched alkanes of at least 4 members (excludes halogenated alkanes) is 1. The molecule has 1 aromatic heterocycles. The summed E-state index contributed by atoms with van der Waals surface area (Å²) in [6.07, 6.45) is 3.97. The number of carbonyl (C=O) groups is 1. The van der Waals surface area contributed by atoms with Crippen molar-refractivity contribution in [1.29, 1.82) is 0 Å². The highest BCUT2D eigenvalue weighted by Gasteiger charge is 2.39. The number of nitrogens with zero attached hydrogens (tertiary/aromatic N) is 2. The number of benzene rings is 1. The van der Waals surface area contributed by atoms with Gasteiger partial charge in [0.15, 0.2) is 0 Å². The lowest BCUT2D eigenvalue weighted by molar-refractivity contribution is -0.124. The fraction of sp³-hybridized carbons (Fsp3) is 0.474. The van der Waals surface area contributed by atoms with Crippen molar-refractivity contribution in [2.75, 3.05) is 13.1 Å². The van der Waals surface area contributed by atoms with Gasteiger partial charge in [0.2, 0.25) is 15.9 Å². The van der Waals surface area contributed by atoms with E-state index in [9.17, 15) is 13.2 Å². The first kappa shape index (κ1) is 20.0. The Hall–Kier alpha value is -1.77. The van der Waals surface area contributed by atoms with E-state index in [1.54, 1.807) is 41.7 Å². The molecule has 0 radical (unpaired) electrons. The van der Waals surface area contributed by atoms with Crippen molar-refractivity contribution in [1.82, 2.24) is 14.6 Å². The number of carbonyl (C=O) groups excluding carboxylic acids is 1. The van der Waals surface area contributed by atoms with E-state index in [2.05, 4.69) is 10.3 Å². The van der Waals surface area contributed by atoms with Crippen LogP contribution in [0.3, 0.4) is 0 Å².